The lowest BCUT2D eigenvalue weighted by molar-refractivity contribution is 0.364. The van der Waals surface area contributed by atoms with Crippen molar-refractivity contribution in [3.8, 4) is 0 Å². The highest BCUT2D eigenvalue weighted by Gasteiger charge is 2.19. The number of nitrogens with one attached hydrogen (secondary N) is 1. The molecular formula is C16H25N. The standard InChI is InChI=1S/C16H25N/c1-12(2)7-14-5-4-6-15(9-14)16-8-13(3)10-17-11-16/h4-6,9,12-13,16-17H,7-8,10-11H2,1-3H3. The Balaban J connectivity index is 2.09. The number of hydrogen-bond acceptors (Lipinski definition) is 1. The van der Waals surface area contributed by atoms with Gasteiger partial charge in [-0.3, -0.25) is 0 Å². The summed E-state index contributed by atoms with van der Waals surface area (Å²) in [5.41, 5.74) is 3.03. The first-order valence-electron chi connectivity index (χ1n) is 6.94. The molecule has 2 rings (SSSR count). The van der Waals surface area contributed by atoms with E-state index in [9.17, 15) is 0 Å². The molecule has 1 N–H and O–H groups in total. The maximum atomic E-state index is 3.54. The van der Waals surface area contributed by atoms with Crippen molar-refractivity contribution in [2.75, 3.05) is 13.1 Å². The minimum absolute atomic E-state index is 0.714. The normalized spacial score (nSPS) is 25.2. The van der Waals surface area contributed by atoms with E-state index in [1.54, 1.807) is 0 Å². The van der Waals surface area contributed by atoms with Gasteiger partial charge in [-0.05, 0) is 48.3 Å². The molecule has 1 aromatic rings. The van der Waals surface area contributed by atoms with Crippen LogP contribution in [0.25, 0.3) is 0 Å². The van der Waals surface area contributed by atoms with E-state index >= 15 is 0 Å². The lowest BCUT2D eigenvalue weighted by Gasteiger charge is -2.28. The Bertz CT molecular complexity index is 356. The average Bonchev–Trinajstić information content (AvgIpc) is 2.28. The van der Waals surface area contributed by atoms with E-state index in [0.717, 1.165) is 18.4 Å². The van der Waals surface area contributed by atoms with Gasteiger partial charge in [0.05, 0.1) is 0 Å². The fourth-order valence-electron chi connectivity index (χ4n) is 2.86. The van der Waals surface area contributed by atoms with E-state index in [0.29, 0.717) is 5.92 Å². The molecule has 1 heteroatoms. The smallest absolute Gasteiger partial charge is 0.00203 e. The van der Waals surface area contributed by atoms with Gasteiger partial charge in [0.25, 0.3) is 0 Å². The molecule has 0 saturated carbocycles. The molecule has 94 valence electrons. The molecule has 0 spiro atoms. The second-order valence-electron chi connectivity index (χ2n) is 6.04. The Morgan fingerprint density at radius 3 is 2.82 bits per heavy atom. The average molecular weight is 231 g/mol. The Kier molecular flexibility index (Phi) is 4.22. The molecule has 1 fully saturated rings. The van der Waals surface area contributed by atoms with Gasteiger partial charge in [0, 0.05) is 6.54 Å². The lowest BCUT2D eigenvalue weighted by Crippen LogP contribution is -2.33. The first kappa shape index (κ1) is 12.6. The van der Waals surface area contributed by atoms with Gasteiger partial charge in [-0.1, -0.05) is 45.0 Å². The summed E-state index contributed by atoms with van der Waals surface area (Å²) in [4.78, 5) is 0. The molecule has 0 amide bonds. The first-order chi connectivity index (χ1) is 8.15. The van der Waals surface area contributed by atoms with Gasteiger partial charge in [-0.15, -0.1) is 0 Å². The molecular weight excluding hydrogens is 206 g/mol. The van der Waals surface area contributed by atoms with Crippen LogP contribution in [0, 0.1) is 11.8 Å². The van der Waals surface area contributed by atoms with Crippen molar-refractivity contribution in [2.45, 2.75) is 39.5 Å². The molecule has 2 unspecified atom stereocenters. The van der Waals surface area contributed by atoms with Gasteiger partial charge < -0.3 is 5.32 Å². The maximum Gasteiger partial charge on any atom is 0.00203 e. The zero-order valence-electron chi connectivity index (χ0n) is 11.4. The molecule has 0 aromatic heterocycles. The molecule has 1 aliphatic rings. The third kappa shape index (κ3) is 3.57. The van der Waals surface area contributed by atoms with E-state index < -0.39 is 0 Å². The zero-order valence-corrected chi connectivity index (χ0v) is 11.4. The van der Waals surface area contributed by atoms with Crippen molar-refractivity contribution in [1.29, 1.82) is 0 Å². The van der Waals surface area contributed by atoms with Crippen LogP contribution in [-0.4, -0.2) is 13.1 Å². The molecule has 0 radical (unpaired) electrons. The van der Waals surface area contributed by atoms with Crippen molar-refractivity contribution >= 4 is 0 Å². The van der Waals surface area contributed by atoms with Gasteiger partial charge in [0.15, 0.2) is 0 Å². The van der Waals surface area contributed by atoms with Crippen LogP contribution in [-0.2, 0) is 6.42 Å². The highest BCUT2D eigenvalue weighted by Crippen LogP contribution is 2.27. The summed E-state index contributed by atoms with van der Waals surface area (Å²) in [5, 5.41) is 3.54. The van der Waals surface area contributed by atoms with Crippen molar-refractivity contribution in [3.63, 3.8) is 0 Å². The highest BCUT2D eigenvalue weighted by molar-refractivity contribution is 5.27. The summed E-state index contributed by atoms with van der Waals surface area (Å²) < 4.78 is 0. The fourth-order valence-corrected chi connectivity index (χ4v) is 2.86. The van der Waals surface area contributed by atoms with E-state index in [-0.39, 0.29) is 0 Å². The van der Waals surface area contributed by atoms with Crippen LogP contribution in [0.2, 0.25) is 0 Å². The third-order valence-corrected chi connectivity index (χ3v) is 3.64. The molecule has 1 heterocycles. The number of benzene rings is 1. The monoisotopic (exact) mass is 231 g/mol. The Labute approximate surface area is 106 Å². The highest BCUT2D eigenvalue weighted by atomic mass is 14.9. The molecule has 2 atom stereocenters. The van der Waals surface area contributed by atoms with Crippen LogP contribution >= 0.6 is 0 Å². The predicted octanol–water partition coefficient (Wildman–Crippen LogP) is 3.60. The van der Waals surface area contributed by atoms with E-state index in [1.807, 2.05) is 0 Å². The summed E-state index contributed by atoms with van der Waals surface area (Å²) in [5.74, 6) is 2.27. The minimum atomic E-state index is 0.714. The maximum absolute atomic E-state index is 3.54. The second-order valence-corrected chi connectivity index (χ2v) is 6.04. The van der Waals surface area contributed by atoms with Crippen LogP contribution in [0.4, 0.5) is 0 Å². The Hall–Kier alpha value is -0.820. The predicted molar refractivity (Wildman–Crippen MR) is 74.4 cm³/mol. The summed E-state index contributed by atoms with van der Waals surface area (Å²) in [6.45, 7) is 9.25. The Morgan fingerprint density at radius 1 is 1.29 bits per heavy atom. The lowest BCUT2D eigenvalue weighted by atomic mass is 9.85. The minimum Gasteiger partial charge on any atom is -0.316 e. The molecule has 1 nitrogen and oxygen atoms in total. The summed E-state index contributed by atoms with van der Waals surface area (Å²) >= 11 is 0. The van der Waals surface area contributed by atoms with Crippen LogP contribution in [0.1, 0.15) is 44.2 Å². The van der Waals surface area contributed by atoms with Gasteiger partial charge in [-0.2, -0.15) is 0 Å². The molecule has 0 aliphatic carbocycles. The van der Waals surface area contributed by atoms with E-state index in [2.05, 4.69) is 50.4 Å². The molecule has 1 aromatic carbocycles. The topological polar surface area (TPSA) is 12.0 Å². The summed E-state index contributed by atoms with van der Waals surface area (Å²) in [6, 6.07) is 9.22. The zero-order chi connectivity index (χ0) is 12.3. The summed E-state index contributed by atoms with van der Waals surface area (Å²) in [6.07, 6.45) is 2.53. The van der Waals surface area contributed by atoms with E-state index in [1.165, 1.54) is 30.5 Å². The number of piperidine rings is 1. The first-order valence-corrected chi connectivity index (χ1v) is 6.94. The van der Waals surface area contributed by atoms with Gasteiger partial charge >= 0.3 is 0 Å². The van der Waals surface area contributed by atoms with E-state index in [4.69, 9.17) is 0 Å². The van der Waals surface area contributed by atoms with Crippen LogP contribution in [0.5, 0.6) is 0 Å². The quantitative estimate of drug-likeness (QED) is 0.838. The van der Waals surface area contributed by atoms with Crippen LogP contribution in [0.3, 0.4) is 0 Å². The number of rotatable bonds is 3. The fraction of sp³-hybridized carbons (Fsp3) is 0.625. The van der Waals surface area contributed by atoms with Crippen molar-refractivity contribution in [2.24, 2.45) is 11.8 Å². The third-order valence-electron chi connectivity index (χ3n) is 3.64. The summed E-state index contributed by atoms with van der Waals surface area (Å²) in [7, 11) is 0. The number of hydrogen-bond donors (Lipinski definition) is 1. The Morgan fingerprint density at radius 2 is 2.12 bits per heavy atom. The molecule has 0 bridgehead atoms. The van der Waals surface area contributed by atoms with Crippen molar-refractivity contribution in [1.82, 2.24) is 5.32 Å². The van der Waals surface area contributed by atoms with Crippen LogP contribution < -0.4 is 5.32 Å². The van der Waals surface area contributed by atoms with Gasteiger partial charge in [0.2, 0.25) is 0 Å². The molecule has 17 heavy (non-hydrogen) atoms. The second kappa shape index (κ2) is 5.68. The van der Waals surface area contributed by atoms with Gasteiger partial charge in [0.1, 0.15) is 0 Å². The largest absolute Gasteiger partial charge is 0.316 e. The molecule has 1 aliphatic heterocycles. The SMILES string of the molecule is CC(C)Cc1cccc(C2CNCC(C)C2)c1. The van der Waals surface area contributed by atoms with Gasteiger partial charge in [-0.25, -0.2) is 0 Å². The van der Waals surface area contributed by atoms with Crippen LogP contribution in [0.15, 0.2) is 24.3 Å². The van der Waals surface area contributed by atoms with Crippen molar-refractivity contribution in [3.05, 3.63) is 35.4 Å². The van der Waals surface area contributed by atoms with Crippen molar-refractivity contribution < 1.29 is 0 Å². The molecule has 1 saturated heterocycles.